The molecule has 154 valence electrons. The Morgan fingerprint density at radius 1 is 1.20 bits per heavy atom. The summed E-state index contributed by atoms with van der Waals surface area (Å²) in [6.07, 6.45) is 7.94. The van der Waals surface area contributed by atoms with Gasteiger partial charge < -0.3 is 5.11 Å². The van der Waals surface area contributed by atoms with Crippen molar-refractivity contribution in [2.75, 3.05) is 0 Å². The van der Waals surface area contributed by atoms with Gasteiger partial charge in [0.15, 0.2) is 0 Å². The minimum Gasteiger partial charge on any atom is -0.389 e. The van der Waals surface area contributed by atoms with E-state index in [1.165, 1.54) is 17.7 Å². The minimum atomic E-state index is -0.767. The first-order valence-electron chi connectivity index (χ1n) is 10.4. The van der Waals surface area contributed by atoms with Crippen LogP contribution >= 0.6 is 11.6 Å². The number of hydrogen-bond acceptors (Lipinski definition) is 2. The molecule has 1 unspecified atom stereocenters. The molecular formula is C25H24ClFN2O. The summed E-state index contributed by atoms with van der Waals surface area (Å²) in [4.78, 5) is 0. The molecule has 1 fully saturated rings. The van der Waals surface area contributed by atoms with E-state index in [9.17, 15) is 9.50 Å². The van der Waals surface area contributed by atoms with Crippen molar-refractivity contribution < 1.29 is 9.50 Å². The number of benzene rings is 2. The zero-order valence-corrected chi connectivity index (χ0v) is 17.7. The number of aromatic nitrogens is 2. The number of nitrogens with zero attached hydrogens (tertiary/aromatic N) is 2. The van der Waals surface area contributed by atoms with E-state index < -0.39 is 5.60 Å². The van der Waals surface area contributed by atoms with E-state index in [1.807, 2.05) is 29.1 Å². The number of aliphatic hydroxyl groups is 1. The van der Waals surface area contributed by atoms with Crippen LogP contribution in [0.2, 0.25) is 5.02 Å². The predicted octanol–water partition coefficient (Wildman–Crippen LogP) is 5.77. The summed E-state index contributed by atoms with van der Waals surface area (Å²) in [5.41, 5.74) is 4.34. The van der Waals surface area contributed by atoms with Gasteiger partial charge in [0.05, 0.1) is 23.2 Å². The first-order valence-corrected chi connectivity index (χ1v) is 10.8. The Kier molecular flexibility index (Phi) is 4.60. The third-order valence-corrected chi connectivity index (χ3v) is 7.31. The maximum Gasteiger partial charge on any atom is 0.123 e. The summed E-state index contributed by atoms with van der Waals surface area (Å²) >= 11 is 6.13. The van der Waals surface area contributed by atoms with E-state index in [0.29, 0.717) is 6.42 Å². The van der Waals surface area contributed by atoms with E-state index in [4.69, 9.17) is 11.6 Å². The van der Waals surface area contributed by atoms with Crippen LogP contribution in [0.1, 0.15) is 43.0 Å². The van der Waals surface area contributed by atoms with Crippen molar-refractivity contribution in [3.05, 3.63) is 88.0 Å². The summed E-state index contributed by atoms with van der Waals surface area (Å²) in [6, 6.07) is 14.3. The Morgan fingerprint density at radius 2 is 2.00 bits per heavy atom. The van der Waals surface area contributed by atoms with Gasteiger partial charge in [-0.1, -0.05) is 36.2 Å². The van der Waals surface area contributed by atoms with Gasteiger partial charge in [0.1, 0.15) is 5.82 Å². The Balaban J connectivity index is 1.44. The topological polar surface area (TPSA) is 38.0 Å². The van der Waals surface area contributed by atoms with E-state index in [-0.39, 0.29) is 11.2 Å². The molecule has 1 aromatic heterocycles. The average molecular weight is 423 g/mol. The molecule has 1 heterocycles. The van der Waals surface area contributed by atoms with Crippen molar-refractivity contribution in [2.24, 2.45) is 5.41 Å². The van der Waals surface area contributed by atoms with Crippen LogP contribution in [-0.2, 0) is 12.8 Å². The quantitative estimate of drug-likeness (QED) is 0.579. The molecule has 0 radical (unpaired) electrons. The van der Waals surface area contributed by atoms with Gasteiger partial charge in [0.2, 0.25) is 0 Å². The van der Waals surface area contributed by atoms with Crippen LogP contribution in [0.3, 0.4) is 0 Å². The molecule has 2 aliphatic rings. The second-order valence-electron chi connectivity index (χ2n) is 8.78. The Bertz CT molecular complexity index is 1140. The molecule has 1 saturated carbocycles. The molecule has 0 saturated heterocycles. The standard InChI is InChI=1S/C25H24ClFN2O/c1-24-15-18-16-28-29(22-7-5-21(27)6-8-22)23(18)14-19(24)10-12-25(24,30)11-9-17-3-2-4-20(26)13-17/h2-8,13-14,16,30H,9-12,15H2,1H3/t24?,25-/m0/s1. The summed E-state index contributed by atoms with van der Waals surface area (Å²) < 4.78 is 15.2. The normalized spacial score (nSPS) is 25.0. The van der Waals surface area contributed by atoms with E-state index in [0.717, 1.165) is 53.2 Å². The van der Waals surface area contributed by atoms with Gasteiger partial charge in [-0.2, -0.15) is 5.10 Å². The summed E-state index contributed by atoms with van der Waals surface area (Å²) in [6.45, 7) is 2.18. The van der Waals surface area contributed by atoms with Gasteiger partial charge in [-0.05, 0) is 85.7 Å². The summed E-state index contributed by atoms with van der Waals surface area (Å²) in [5.74, 6) is -0.258. The van der Waals surface area contributed by atoms with Crippen molar-refractivity contribution in [3.8, 4) is 5.69 Å². The molecule has 1 N–H and O–H groups in total. The van der Waals surface area contributed by atoms with Crippen molar-refractivity contribution in [2.45, 2.75) is 44.6 Å². The molecule has 2 aliphatic carbocycles. The van der Waals surface area contributed by atoms with Crippen LogP contribution in [0, 0.1) is 11.2 Å². The van der Waals surface area contributed by atoms with Crippen molar-refractivity contribution >= 4 is 17.7 Å². The highest BCUT2D eigenvalue weighted by atomic mass is 35.5. The smallest absolute Gasteiger partial charge is 0.123 e. The first-order chi connectivity index (χ1) is 14.4. The lowest BCUT2D eigenvalue weighted by Gasteiger charge is -2.42. The number of aryl methyl sites for hydroxylation is 1. The highest BCUT2D eigenvalue weighted by molar-refractivity contribution is 6.30. The van der Waals surface area contributed by atoms with E-state index in [2.05, 4.69) is 24.2 Å². The molecule has 5 rings (SSSR count). The van der Waals surface area contributed by atoms with Crippen molar-refractivity contribution in [3.63, 3.8) is 0 Å². The summed E-state index contributed by atoms with van der Waals surface area (Å²) in [5, 5.41) is 17.0. The van der Waals surface area contributed by atoms with Crippen LogP contribution in [0.5, 0.6) is 0 Å². The number of hydrogen-bond donors (Lipinski definition) is 1. The summed E-state index contributed by atoms with van der Waals surface area (Å²) in [7, 11) is 0. The maximum atomic E-state index is 13.3. The van der Waals surface area contributed by atoms with Crippen LogP contribution in [0.15, 0.2) is 60.3 Å². The van der Waals surface area contributed by atoms with Gasteiger partial charge in [0.25, 0.3) is 0 Å². The lowest BCUT2D eigenvalue weighted by molar-refractivity contribution is -0.0461. The van der Waals surface area contributed by atoms with E-state index >= 15 is 0 Å². The minimum absolute atomic E-state index is 0.258. The van der Waals surface area contributed by atoms with Crippen LogP contribution < -0.4 is 0 Å². The first kappa shape index (κ1) is 19.5. The molecule has 3 aromatic rings. The Labute approximate surface area is 180 Å². The highest BCUT2D eigenvalue weighted by Gasteiger charge is 2.54. The molecule has 0 spiro atoms. The highest BCUT2D eigenvalue weighted by Crippen LogP contribution is 2.56. The lowest BCUT2D eigenvalue weighted by atomic mass is 9.65. The van der Waals surface area contributed by atoms with Gasteiger partial charge in [-0.15, -0.1) is 0 Å². The number of rotatable bonds is 4. The Morgan fingerprint density at radius 3 is 2.77 bits per heavy atom. The largest absolute Gasteiger partial charge is 0.389 e. The molecular weight excluding hydrogens is 399 g/mol. The van der Waals surface area contributed by atoms with Crippen LogP contribution in [0.4, 0.5) is 4.39 Å². The maximum absolute atomic E-state index is 13.3. The molecule has 2 atom stereocenters. The van der Waals surface area contributed by atoms with Gasteiger partial charge >= 0.3 is 0 Å². The molecule has 2 aromatic carbocycles. The zero-order chi connectivity index (χ0) is 20.9. The average Bonchev–Trinajstić information content (AvgIpc) is 3.24. The second-order valence-corrected chi connectivity index (χ2v) is 9.22. The molecule has 0 aliphatic heterocycles. The Hall–Kier alpha value is -2.43. The fourth-order valence-corrected chi connectivity index (χ4v) is 5.37. The molecule has 5 heteroatoms. The van der Waals surface area contributed by atoms with Crippen molar-refractivity contribution in [1.82, 2.24) is 9.78 Å². The number of halogens is 2. The molecule has 3 nitrogen and oxygen atoms in total. The van der Waals surface area contributed by atoms with E-state index in [1.54, 1.807) is 12.1 Å². The predicted molar refractivity (Wildman–Crippen MR) is 117 cm³/mol. The third-order valence-electron chi connectivity index (χ3n) is 7.07. The van der Waals surface area contributed by atoms with Crippen LogP contribution in [0.25, 0.3) is 11.8 Å². The third kappa shape index (κ3) is 3.10. The fraction of sp³-hybridized carbons (Fsp3) is 0.320. The zero-order valence-electron chi connectivity index (χ0n) is 16.9. The monoisotopic (exact) mass is 422 g/mol. The fourth-order valence-electron chi connectivity index (χ4n) is 5.16. The van der Waals surface area contributed by atoms with Gasteiger partial charge in [-0.25, -0.2) is 9.07 Å². The molecule has 30 heavy (non-hydrogen) atoms. The molecule has 0 amide bonds. The van der Waals surface area contributed by atoms with Gasteiger partial charge in [-0.3, -0.25) is 0 Å². The van der Waals surface area contributed by atoms with Gasteiger partial charge in [0, 0.05) is 10.4 Å². The lowest BCUT2D eigenvalue weighted by Crippen LogP contribution is -2.45. The van der Waals surface area contributed by atoms with Crippen LogP contribution in [-0.4, -0.2) is 20.5 Å². The molecule has 0 bridgehead atoms. The second kappa shape index (κ2) is 7.07. The SMILES string of the molecule is CC12Cc3cnn(-c4ccc(F)cc4)c3C=C1CC[C@@]2(O)CCc1cccc(Cl)c1. The van der Waals surface area contributed by atoms with Crippen molar-refractivity contribution in [1.29, 1.82) is 0 Å². The number of fused-ring (bicyclic) bond motifs is 2.